The van der Waals surface area contributed by atoms with Gasteiger partial charge in [-0.05, 0) is 32.6 Å². The second-order valence-corrected chi connectivity index (χ2v) is 5.53. The van der Waals surface area contributed by atoms with Gasteiger partial charge in [-0.25, -0.2) is 4.79 Å². The summed E-state index contributed by atoms with van der Waals surface area (Å²) in [4.78, 5) is 25.7. The zero-order valence-corrected chi connectivity index (χ0v) is 10.3. The molecule has 0 aromatic carbocycles. The minimum absolute atomic E-state index is 0.00885. The molecule has 2 heterocycles. The number of carbonyl (C=O) groups excluding carboxylic acids is 2. The lowest BCUT2D eigenvalue weighted by molar-refractivity contribution is -0.482. The first-order valence-corrected chi connectivity index (χ1v) is 6.69. The SMILES string of the molecule is CC1CC2C=[N+](C3CCCCC3)C(=O)N1C2=O. The molecule has 1 saturated carbocycles. The predicted octanol–water partition coefficient (Wildman–Crippen LogP) is 1.77. The molecule has 0 aromatic heterocycles. The molecule has 2 aliphatic heterocycles. The predicted molar refractivity (Wildman–Crippen MR) is 63.0 cm³/mol. The van der Waals surface area contributed by atoms with Gasteiger partial charge in [0.1, 0.15) is 18.0 Å². The van der Waals surface area contributed by atoms with Crippen molar-refractivity contribution < 1.29 is 14.2 Å². The van der Waals surface area contributed by atoms with E-state index in [1.54, 1.807) is 0 Å². The quantitative estimate of drug-likeness (QED) is 0.650. The van der Waals surface area contributed by atoms with E-state index in [4.69, 9.17) is 0 Å². The Labute approximate surface area is 101 Å². The zero-order valence-electron chi connectivity index (χ0n) is 10.3. The molecule has 2 fully saturated rings. The van der Waals surface area contributed by atoms with Gasteiger partial charge in [0.15, 0.2) is 0 Å². The van der Waals surface area contributed by atoms with E-state index >= 15 is 0 Å². The van der Waals surface area contributed by atoms with E-state index < -0.39 is 0 Å². The summed E-state index contributed by atoms with van der Waals surface area (Å²) in [6, 6.07) is 0.327. The molecule has 17 heavy (non-hydrogen) atoms. The maximum atomic E-state index is 12.3. The number of imide groups is 1. The highest BCUT2D eigenvalue weighted by atomic mass is 16.2. The van der Waals surface area contributed by atoms with E-state index in [2.05, 4.69) is 0 Å². The fourth-order valence-corrected chi connectivity index (χ4v) is 3.40. The van der Waals surface area contributed by atoms with Crippen molar-refractivity contribution >= 4 is 18.2 Å². The van der Waals surface area contributed by atoms with Crippen molar-refractivity contribution in [1.82, 2.24) is 4.90 Å². The van der Waals surface area contributed by atoms with Crippen molar-refractivity contribution in [2.75, 3.05) is 0 Å². The molecule has 2 unspecified atom stereocenters. The van der Waals surface area contributed by atoms with Gasteiger partial charge >= 0.3 is 11.9 Å². The molecule has 4 nitrogen and oxygen atoms in total. The lowest BCUT2D eigenvalue weighted by Gasteiger charge is -2.25. The average molecular weight is 235 g/mol. The number of carbonyl (C=O) groups is 2. The number of nitrogens with zero attached hydrogens (tertiary/aromatic N) is 2. The summed E-state index contributed by atoms with van der Waals surface area (Å²) >= 11 is 0. The molecule has 0 N–H and O–H groups in total. The Bertz CT molecular complexity index is 396. The molecule has 2 atom stereocenters. The van der Waals surface area contributed by atoms with E-state index in [1.807, 2.05) is 17.7 Å². The molecule has 0 spiro atoms. The number of amides is 3. The van der Waals surface area contributed by atoms with Crippen molar-refractivity contribution in [3.63, 3.8) is 0 Å². The molecule has 2 bridgehead atoms. The summed E-state index contributed by atoms with van der Waals surface area (Å²) in [6.07, 6.45) is 8.57. The maximum Gasteiger partial charge on any atom is 0.500 e. The van der Waals surface area contributed by atoms with Crippen LogP contribution in [0.5, 0.6) is 0 Å². The average Bonchev–Trinajstić information content (AvgIpc) is 2.52. The number of hydrogen-bond donors (Lipinski definition) is 0. The number of fused-ring (bicyclic) bond motifs is 2. The summed E-state index contributed by atoms with van der Waals surface area (Å²) in [5.74, 6) is -0.0424. The molecule has 0 radical (unpaired) electrons. The van der Waals surface area contributed by atoms with Gasteiger partial charge in [-0.15, -0.1) is 0 Å². The van der Waals surface area contributed by atoms with Gasteiger partial charge in [-0.3, -0.25) is 0 Å². The molecule has 3 rings (SSSR count). The zero-order chi connectivity index (χ0) is 12.0. The van der Waals surface area contributed by atoms with Crippen LogP contribution in [0.4, 0.5) is 4.79 Å². The minimum Gasteiger partial charge on any atom is -0.246 e. The van der Waals surface area contributed by atoms with E-state index in [0.29, 0.717) is 6.04 Å². The lowest BCUT2D eigenvalue weighted by atomic mass is 9.94. The van der Waals surface area contributed by atoms with Crippen LogP contribution in [0.3, 0.4) is 0 Å². The third-order valence-electron chi connectivity index (χ3n) is 4.33. The molecule has 1 saturated heterocycles. The molecular formula is C13H19N2O2+. The Balaban J connectivity index is 1.89. The highest BCUT2D eigenvalue weighted by Crippen LogP contribution is 2.30. The second-order valence-electron chi connectivity index (χ2n) is 5.53. The van der Waals surface area contributed by atoms with Gasteiger partial charge in [-0.1, -0.05) is 6.42 Å². The molecular weight excluding hydrogens is 216 g/mol. The Morgan fingerprint density at radius 3 is 2.65 bits per heavy atom. The Kier molecular flexibility index (Phi) is 2.53. The largest absolute Gasteiger partial charge is 0.500 e. The summed E-state index contributed by atoms with van der Waals surface area (Å²) in [5, 5.41) is 0. The van der Waals surface area contributed by atoms with Gasteiger partial charge in [-0.2, -0.15) is 14.3 Å². The van der Waals surface area contributed by atoms with Gasteiger partial charge in [0, 0.05) is 6.42 Å². The number of urea groups is 1. The van der Waals surface area contributed by atoms with E-state index in [9.17, 15) is 9.59 Å². The number of hydrogen-bond acceptors (Lipinski definition) is 2. The van der Waals surface area contributed by atoms with Crippen LogP contribution in [0.2, 0.25) is 0 Å². The van der Waals surface area contributed by atoms with Crippen LogP contribution in [0, 0.1) is 5.92 Å². The highest BCUT2D eigenvalue weighted by molar-refractivity contribution is 6.05. The van der Waals surface area contributed by atoms with Crippen molar-refractivity contribution in [3.05, 3.63) is 0 Å². The topological polar surface area (TPSA) is 40.4 Å². The van der Waals surface area contributed by atoms with Crippen LogP contribution in [0.1, 0.15) is 45.4 Å². The van der Waals surface area contributed by atoms with E-state index in [-0.39, 0.29) is 23.9 Å². The van der Waals surface area contributed by atoms with Crippen molar-refractivity contribution in [2.45, 2.75) is 57.5 Å². The third kappa shape index (κ3) is 1.61. The van der Waals surface area contributed by atoms with Crippen LogP contribution >= 0.6 is 0 Å². The van der Waals surface area contributed by atoms with Crippen molar-refractivity contribution in [1.29, 1.82) is 0 Å². The Morgan fingerprint density at radius 2 is 1.94 bits per heavy atom. The van der Waals surface area contributed by atoms with E-state index in [0.717, 1.165) is 19.3 Å². The van der Waals surface area contributed by atoms with Gasteiger partial charge < -0.3 is 0 Å². The first kappa shape index (κ1) is 10.9. The standard InChI is InChI=1S/C13H19N2O2/c1-9-7-10-8-14(11-5-3-2-4-6-11)13(17)15(9)12(10)16/h8-11H,2-7H2,1H3/q+1. The monoisotopic (exact) mass is 235 g/mol. The summed E-state index contributed by atoms with van der Waals surface area (Å²) in [7, 11) is 0. The molecule has 92 valence electrons. The third-order valence-corrected chi connectivity index (χ3v) is 4.33. The summed E-state index contributed by atoms with van der Waals surface area (Å²) < 4.78 is 1.86. The molecule has 3 amide bonds. The normalized spacial score (nSPS) is 34.2. The van der Waals surface area contributed by atoms with Crippen LogP contribution in [0.15, 0.2) is 0 Å². The minimum atomic E-state index is -0.0804. The van der Waals surface area contributed by atoms with Gasteiger partial charge in [0.2, 0.25) is 0 Å². The van der Waals surface area contributed by atoms with Crippen molar-refractivity contribution in [3.8, 4) is 0 Å². The van der Waals surface area contributed by atoms with Crippen LogP contribution in [0.25, 0.3) is 0 Å². The first-order valence-electron chi connectivity index (χ1n) is 6.69. The van der Waals surface area contributed by atoms with Gasteiger partial charge in [0.25, 0.3) is 0 Å². The van der Waals surface area contributed by atoms with Crippen LogP contribution in [-0.4, -0.2) is 39.7 Å². The molecule has 0 aromatic rings. The Hall–Kier alpha value is -1.19. The molecule has 3 aliphatic rings. The summed E-state index contributed by atoms with van der Waals surface area (Å²) in [5.41, 5.74) is 0. The van der Waals surface area contributed by atoms with Gasteiger partial charge in [0.05, 0.1) is 6.21 Å². The first-order chi connectivity index (χ1) is 8.18. The highest BCUT2D eigenvalue weighted by Gasteiger charge is 2.53. The Morgan fingerprint density at radius 1 is 1.24 bits per heavy atom. The second kappa shape index (κ2) is 3.93. The smallest absolute Gasteiger partial charge is 0.246 e. The molecule has 1 aliphatic carbocycles. The van der Waals surface area contributed by atoms with E-state index in [1.165, 1.54) is 24.2 Å². The number of rotatable bonds is 1. The fraction of sp³-hybridized carbons (Fsp3) is 0.769. The van der Waals surface area contributed by atoms with Crippen LogP contribution < -0.4 is 0 Å². The summed E-state index contributed by atoms with van der Waals surface area (Å²) in [6.45, 7) is 1.97. The van der Waals surface area contributed by atoms with Crippen molar-refractivity contribution in [2.24, 2.45) is 5.92 Å². The fourth-order valence-electron chi connectivity index (χ4n) is 3.40. The maximum absolute atomic E-state index is 12.3. The molecule has 4 heteroatoms. The lowest BCUT2D eigenvalue weighted by Crippen LogP contribution is -2.50. The van der Waals surface area contributed by atoms with Crippen LogP contribution in [-0.2, 0) is 4.79 Å².